The van der Waals surface area contributed by atoms with Crippen LogP contribution in [-0.2, 0) is 11.3 Å². The van der Waals surface area contributed by atoms with Gasteiger partial charge in [-0.2, -0.15) is 0 Å². The average molecular weight is 367 g/mol. The summed E-state index contributed by atoms with van der Waals surface area (Å²) >= 11 is 0. The number of amides is 2. The average Bonchev–Trinajstić information content (AvgIpc) is 3.21. The van der Waals surface area contributed by atoms with Crippen LogP contribution in [-0.4, -0.2) is 34.3 Å². The van der Waals surface area contributed by atoms with Gasteiger partial charge < -0.3 is 14.6 Å². The van der Waals surface area contributed by atoms with Crippen LogP contribution in [0.25, 0.3) is 11.1 Å². The van der Waals surface area contributed by atoms with Crippen molar-refractivity contribution >= 4 is 22.9 Å². The number of hydrogen-bond acceptors (Lipinski definition) is 4. The molecule has 1 aromatic carbocycles. The maximum atomic E-state index is 13.0. The normalized spacial score (nSPS) is 16.9. The van der Waals surface area contributed by atoms with E-state index >= 15 is 0 Å². The fraction of sp³-hybridized carbons (Fsp3) is 0.250. The van der Waals surface area contributed by atoms with Crippen LogP contribution in [0.2, 0.25) is 0 Å². The minimum atomic E-state index is -0.596. The number of fused-ring (bicyclic) bond motifs is 1. The van der Waals surface area contributed by atoms with Gasteiger partial charge in [-0.1, -0.05) is 12.1 Å². The molecule has 1 atom stereocenters. The molecule has 7 heteroatoms. The fourth-order valence-electron chi connectivity index (χ4n) is 3.21. The SMILES string of the molecule is Cc1ccc2oc(C(=O)NC3CCN(Cc4ccc(F)cc4)C3=O)cc2n1. The van der Waals surface area contributed by atoms with Gasteiger partial charge in [-0.25, -0.2) is 9.37 Å². The van der Waals surface area contributed by atoms with E-state index in [-0.39, 0.29) is 17.5 Å². The van der Waals surface area contributed by atoms with Gasteiger partial charge in [0.05, 0.1) is 0 Å². The van der Waals surface area contributed by atoms with Gasteiger partial charge >= 0.3 is 0 Å². The molecule has 0 radical (unpaired) electrons. The van der Waals surface area contributed by atoms with Crippen LogP contribution < -0.4 is 5.32 Å². The number of aryl methyl sites for hydroxylation is 1. The Bertz CT molecular complexity index is 1010. The lowest BCUT2D eigenvalue weighted by Gasteiger charge is -2.17. The summed E-state index contributed by atoms with van der Waals surface area (Å²) in [5.41, 5.74) is 2.81. The van der Waals surface area contributed by atoms with Crippen molar-refractivity contribution in [3.8, 4) is 0 Å². The van der Waals surface area contributed by atoms with Crippen molar-refractivity contribution < 1.29 is 18.4 Å². The Morgan fingerprint density at radius 1 is 1.30 bits per heavy atom. The smallest absolute Gasteiger partial charge is 0.287 e. The summed E-state index contributed by atoms with van der Waals surface area (Å²) in [5.74, 6) is -0.773. The highest BCUT2D eigenvalue weighted by Crippen LogP contribution is 2.20. The van der Waals surface area contributed by atoms with Crippen molar-refractivity contribution in [2.24, 2.45) is 0 Å². The van der Waals surface area contributed by atoms with Crippen molar-refractivity contribution in [3.05, 3.63) is 65.3 Å². The summed E-state index contributed by atoms with van der Waals surface area (Å²) in [6.45, 7) is 2.78. The molecule has 0 spiro atoms. The Kier molecular flexibility index (Phi) is 4.35. The molecule has 2 amide bonds. The number of benzene rings is 1. The van der Waals surface area contributed by atoms with E-state index in [4.69, 9.17) is 4.42 Å². The molecule has 3 heterocycles. The van der Waals surface area contributed by atoms with E-state index in [1.165, 1.54) is 12.1 Å². The molecule has 1 fully saturated rings. The van der Waals surface area contributed by atoms with E-state index < -0.39 is 11.9 Å². The zero-order valence-electron chi connectivity index (χ0n) is 14.7. The molecule has 2 aromatic heterocycles. The van der Waals surface area contributed by atoms with E-state index in [1.807, 2.05) is 6.92 Å². The Morgan fingerprint density at radius 3 is 2.85 bits per heavy atom. The van der Waals surface area contributed by atoms with Gasteiger partial charge in [-0.15, -0.1) is 0 Å². The molecule has 1 N–H and O–H groups in total. The van der Waals surface area contributed by atoms with E-state index in [9.17, 15) is 14.0 Å². The lowest BCUT2D eigenvalue weighted by molar-refractivity contribution is -0.129. The van der Waals surface area contributed by atoms with Crippen molar-refractivity contribution in [3.63, 3.8) is 0 Å². The maximum absolute atomic E-state index is 13.0. The number of carbonyl (C=O) groups excluding carboxylic acids is 2. The second-order valence-corrected chi connectivity index (χ2v) is 6.65. The first kappa shape index (κ1) is 17.2. The summed E-state index contributed by atoms with van der Waals surface area (Å²) in [7, 11) is 0. The summed E-state index contributed by atoms with van der Waals surface area (Å²) in [6, 6.07) is 10.6. The highest BCUT2D eigenvalue weighted by Gasteiger charge is 2.33. The van der Waals surface area contributed by atoms with Gasteiger partial charge in [0, 0.05) is 24.8 Å². The van der Waals surface area contributed by atoms with Crippen LogP contribution in [0.4, 0.5) is 4.39 Å². The van der Waals surface area contributed by atoms with Gasteiger partial charge in [-0.3, -0.25) is 9.59 Å². The van der Waals surface area contributed by atoms with Gasteiger partial charge in [0.15, 0.2) is 11.3 Å². The fourth-order valence-corrected chi connectivity index (χ4v) is 3.21. The van der Waals surface area contributed by atoms with Crippen LogP contribution in [0.3, 0.4) is 0 Å². The molecule has 4 rings (SSSR count). The molecule has 1 saturated heterocycles. The van der Waals surface area contributed by atoms with E-state index in [1.54, 1.807) is 35.2 Å². The minimum absolute atomic E-state index is 0.132. The summed E-state index contributed by atoms with van der Waals surface area (Å²) in [5, 5.41) is 2.73. The molecule has 0 bridgehead atoms. The van der Waals surface area contributed by atoms with Crippen LogP contribution in [0.15, 0.2) is 46.9 Å². The summed E-state index contributed by atoms with van der Waals surface area (Å²) in [4.78, 5) is 31.0. The van der Waals surface area contributed by atoms with Crippen molar-refractivity contribution in [1.82, 2.24) is 15.2 Å². The number of nitrogens with one attached hydrogen (secondary N) is 1. The molecule has 3 aromatic rings. The van der Waals surface area contributed by atoms with Crippen LogP contribution in [0.5, 0.6) is 0 Å². The number of nitrogens with zero attached hydrogens (tertiary/aromatic N) is 2. The Labute approximate surface area is 155 Å². The number of hydrogen-bond donors (Lipinski definition) is 1. The molecule has 1 aliphatic heterocycles. The van der Waals surface area contributed by atoms with Crippen LogP contribution >= 0.6 is 0 Å². The highest BCUT2D eigenvalue weighted by atomic mass is 19.1. The molecular formula is C20H18FN3O3. The lowest BCUT2D eigenvalue weighted by atomic mass is 10.2. The van der Waals surface area contributed by atoms with Crippen molar-refractivity contribution in [2.75, 3.05) is 6.54 Å². The Hall–Kier alpha value is -3.22. The molecule has 6 nitrogen and oxygen atoms in total. The summed E-state index contributed by atoms with van der Waals surface area (Å²) in [6.07, 6.45) is 0.517. The Morgan fingerprint density at radius 2 is 2.07 bits per heavy atom. The molecule has 1 aliphatic rings. The van der Waals surface area contributed by atoms with Gasteiger partial charge in [0.2, 0.25) is 5.91 Å². The van der Waals surface area contributed by atoms with Gasteiger partial charge in [-0.05, 0) is 43.2 Å². The van der Waals surface area contributed by atoms with Gasteiger partial charge in [0.25, 0.3) is 5.91 Å². The maximum Gasteiger partial charge on any atom is 0.287 e. The third-order valence-corrected chi connectivity index (χ3v) is 4.63. The number of aromatic nitrogens is 1. The predicted molar refractivity (Wildman–Crippen MR) is 96.4 cm³/mol. The van der Waals surface area contributed by atoms with E-state index in [0.717, 1.165) is 11.3 Å². The topological polar surface area (TPSA) is 75.4 Å². The van der Waals surface area contributed by atoms with Crippen molar-refractivity contribution in [2.45, 2.75) is 25.9 Å². The first-order valence-corrected chi connectivity index (χ1v) is 8.71. The van der Waals surface area contributed by atoms with Gasteiger partial charge in [0.1, 0.15) is 17.4 Å². The van der Waals surface area contributed by atoms with Crippen LogP contribution in [0.1, 0.15) is 28.2 Å². The monoisotopic (exact) mass is 367 g/mol. The zero-order valence-corrected chi connectivity index (χ0v) is 14.7. The standard InChI is InChI=1S/C20H18FN3O3/c1-12-2-7-17-16(22-12)10-18(27-17)19(25)23-15-8-9-24(20(15)26)11-13-3-5-14(21)6-4-13/h2-7,10,15H,8-9,11H2,1H3,(H,23,25). The summed E-state index contributed by atoms with van der Waals surface area (Å²) < 4.78 is 18.5. The second kappa shape index (κ2) is 6.83. The number of furan rings is 1. The number of rotatable bonds is 4. The van der Waals surface area contributed by atoms with Crippen molar-refractivity contribution in [1.29, 1.82) is 0 Å². The third kappa shape index (κ3) is 3.53. The minimum Gasteiger partial charge on any atom is -0.449 e. The molecule has 1 unspecified atom stereocenters. The van der Waals surface area contributed by atoms with Crippen LogP contribution in [0, 0.1) is 12.7 Å². The largest absolute Gasteiger partial charge is 0.449 e. The van der Waals surface area contributed by atoms with E-state index in [2.05, 4.69) is 10.3 Å². The first-order valence-electron chi connectivity index (χ1n) is 8.71. The molecular weight excluding hydrogens is 349 g/mol. The zero-order chi connectivity index (χ0) is 19.0. The molecule has 0 aliphatic carbocycles. The third-order valence-electron chi connectivity index (χ3n) is 4.63. The van der Waals surface area contributed by atoms with E-state index in [0.29, 0.717) is 30.6 Å². The number of likely N-dealkylation sites (tertiary alicyclic amines) is 1. The number of carbonyl (C=O) groups is 2. The second-order valence-electron chi connectivity index (χ2n) is 6.65. The number of pyridine rings is 1. The molecule has 0 saturated carbocycles. The number of halogens is 1. The first-order chi connectivity index (χ1) is 13.0. The lowest BCUT2D eigenvalue weighted by Crippen LogP contribution is -2.41. The quantitative estimate of drug-likeness (QED) is 0.769. The molecule has 138 valence electrons. The predicted octanol–water partition coefficient (Wildman–Crippen LogP) is 2.81. The highest BCUT2D eigenvalue weighted by molar-refractivity contribution is 5.98. The molecule has 27 heavy (non-hydrogen) atoms. The Balaban J connectivity index is 1.42.